The van der Waals surface area contributed by atoms with Crippen molar-refractivity contribution in [3.63, 3.8) is 0 Å². The van der Waals surface area contributed by atoms with Crippen LogP contribution in [0.3, 0.4) is 0 Å². The Bertz CT molecular complexity index is 434. The summed E-state index contributed by atoms with van der Waals surface area (Å²) in [5.41, 5.74) is 8.74. The second-order valence-electron chi connectivity index (χ2n) is 6.36. The predicted octanol–water partition coefficient (Wildman–Crippen LogP) is 2.24. The molecular formula is C17H27N3. The van der Waals surface area contributed by atoms with E-state index in [1.54, 1.807) is 0 Å². The van der Waals surface area contributed by atoms with Gasteiger partial charge in [0.25, 0.3) is 0 Å². The van der Waals surface area contributed by atoms with Gasteiger partial charge in [-0.05, 0) is 43.4 Å². The molecule has 1 atom stereocenters. The van der Waals surface area contributed by atoms with Crippen LogP contribution in [0.2, 0.25) is 0 Å². The number of anilines is 1. The molecule has 3 heteroatoms. The van der Waals surface area contributed by atoms with Gasteiger partial charge in [-0.1, -0.05) is 18.6 Å². The van der Waals surface area contributed by atoms with Crippen molar-refractivity contribution in [3.05, 3.63) is 29.8 Å². The number of hydrogen-bond acceptors (Lipinski definition) is 3. The summed E-state index contributed by atoms with van der Waals surface area (Å²) >= 11 is 0. The first-order valence-corrected chi connectivity index (χ1v) is 8.03. The van der Waals surface area contributed by atoms with Gasteiger partial charge in [-0.3, -0.25) is 4.90 Å². The zero-order valence-corrected chi connectivity index (χ0v) is 12.6. The van der Waals surface area contributed by atoms with Crippen LogP contribution < -0.4 is 10.6 Å². The Morgan fingerprint density at radius 3 is 2.50 bits per heavy atom. The molecular weight excluding hydrogens is 246 g/mol. The monoisotopic (exact) mass is 273 g/mol. The predicted molar refractivity (Wildman–Crippen MR) is 85.1 cm³/mol. The molecule has 0 radical (unpaired) electrons. The van der Waals surface area contributed by atoms with Crippen LogP contribution in [0.4, 0.5) is 5.69 Å². The molecule has 3 nitrogen and oxygen atoms in total. The normalized spacial score (nSPS) is 22.6. The second kappa shape index (κ2) is 6.15. The summed E-state index contributed by atoms with van der Waals surface area (Å²) < 4.78 is 0. The number of aryl methyl sites for hydroxylation is 1. The minimum Gasteiger partial charge on any atom is -0.369 e. The average molecular weight is 273 g/mol. The van der Waals surface area contributed by atoms with Gasteiger partial charge in [-0.2, -0.15) is 0 Å². The van der Waals surface area contributed by atoms with Crippen molar-refractivity contribution in [2.75, 3.05) is 37.6 Å². The van der Waals surface area contributed by atoms with Crippen molar-refractivity contribution in [1.29, 1.82) is 0 Å². The summed E-state index contributed by atoms with van der Waals surface area (Å²) in [6.45, 7) is 7.58. The van der Waals surface area contributed by atoms with Gasteiger partial charge in [0, 0.05) is 44.5 Å². The van der Waals surface area contributed by atoms with Gasteiger partial charge < -0.3 is 10.6 Å². The highest BCUT2D eigenvalue weighted by molar-refractivity contribution is 5.48. The molecule has 1 saturated heterocycles. The third-order valence-electron chi connectivity index (χ3n) is 5.09. The highest BCUT2D eigenvalue weighted by atomic mass is 15.3. The maximum absolute atomic E-state index is 6.02. The standard InChI is InChI=1S/C17H27N3/c1-14-4-2-7-16(12-14)19-8-10-20(11-9-19)17(13-18)15-5-3-6-15/h2,4,7,12,15,17H,3,5-6,8-11,13,18H2,1H3. The smallest absolute Gasteiger partial charge is 0.0369 e. The molecule has 0 aromatic heterocycles. The molecule has 1 aromatic carbocycles. The fourth-order valence-electron chi connectivity index (χ4n) is 3.60. The molecule has 1 aliphatic carbocycles. The molecule has 0 bridgehead atoms. The number of benzene rings is 1. The Balaban J connectivity index is 1.58. The second-order valence-corrected chi connectivity index (χ2v) is 6.36. The first-order chi connectivity index (χ1) is 9.78. The van der Waals surface area contributed by atoms with E-state index >= 15 is 0 Å². The van der Waals surface area contributed by atoms with Crippen molar-refractivity contribution >= 4 is 5.69 Å². The summed E-state index contributed by atoms with van der Waals surface area (Å²) in [7, 11) is 0. The maximum Gasteiger partial charge on any atom is 0.0369 e. The van der Waals surface area contributed by atoms with Crippen molar-refractivity contribution in [1.82, 2.24) is 4.90 Å². The molecule has 0 spiro atoms. The Morgan fingerprint density at radius 1 is 1.20 bits per heavy atom. The van der Waals surface area contributed by atoms with Gasteiger partial charge in [-0.15, -0.1) is 0 Å². The van der Waals surface area contributed by atoms with Crippen molar-refractivity contribution in [2.45, 2.75) is 32.2 Å². The fourth-order valence-corrected chi connectivity index (χ4v) is 3.60. The van der Waals surface area contributed by atoms with Gasteiger partial charge in [0.05, 0.1) is 0 Å². The van der Waals surface area contributed by atoms with Crippen molar-refractivity contribution in [2.24, 2.45) is 11.7 Å². The number of piperazine rings is 1. The molecule has 0 amide bonds. The van der Waals surface area contributed by atoms with Gasteiger partial charge in [0.2, 0.25) is 0 Å². The van der Waals surface area contributed by atoms with E-state index in [9.17, 15) is 0 Å². The van der Waals surface area contributed by atoms with Crippen LogP contribution in [0.5, 0.6) is 0 Å². The van der Waals surface area contributed by atoms with E-state index in [1.165, 1.54) is 30.5 Å². The van der Waals surface area contributed by atoms with Gasteiger partial charge in [0.1, 0.15) is 0 Å². The molecule has 1 unspecified atom stereocenters. The quantitative estimate of drug-likeness (QED) is 0.913. The summed E-state index contributed by atoms with van der Waals surface area (Å²) in [4.78, 5) is 5.15. The SMILES string of the molecule is Cc1cccc(N2CCN(C(CN)C3CCC3)CC2)c1. The lowest BCUT2D eigenvalue weighted by atomic mass is 9.79. The number of hydrogen-bond donors (Lipinski definition) is 1. The molecule has 20 heavy (non-hydrogen) atoms. The molecule has 3 rings (SSSR count). The Kier molecular flexibility index (Phi) is 4.27. The highest BCUT2D eigenvalue weighted by Crippen LogP contribution is 2.32. The molecule has 2 N–H and O–H groups in total. The Morgan fingerprint density at radius 2 is 1.95 bits per heavy atom. The lowest BCUT2D eigenvalue weighted by Gasteiger charge is -2.45. The zero-order chi connectivity index (χ0) is 13.9. The zero-order valence-electron chi connectivity index (χ0n) is 12.6. The van der Waals surface area contributed by atoms with Crippen molar-refractivity contribution < 1.29 is 0 Å². The van der Waals surface area contributed by atoms with E-state index in [4.69, 9.17) is 5.73 Å². The van der Waals surface area contributed by atoms with E-state index in [2.05, 4.69) is 41.0 Å². The first-order valence-electron chi connectivity index (χ1n) is 8.03. The molecule has 1 aromatic rings. The molecule has 1 aliphatic heterocycles. The summed E-state index contributed by atoms with van der Waals surface area (Å²) in [6, 6.07) is 9.48. The summed E-state index contributed by atoms with van der Waals surface area (Å²) in [6.07, 6.45) is 4.18. The third kappa shape index (κ3) is 2.84. The van der Waals surface area contributed by atoms with E-state index in [-0.39, 0.29) is 0 Å². The molecule has 2 fully saturated rings. The van der Waals surface area contributed by atoms with E-state index in [0.717, 1.165) is 38.6 Å². The first kappa shape index (κ1) is 13.9. The van der Waals surface area contributed by atoms with Gasteiger partial charge in [-0.25, -0.2) is 0 Å². The Labute approximate surface area is 122 Å². The molecule has 110 valence electrons. The van der Waals surface area contributed by atoms with Crippen LogP contribution in [0.25, 0.3) is 0 Å². The number of nitrogens with zero attached hydrogens (tertiary/aromatic N) is 2. The van der Waals surface area contributed by atoms with Gasteiger partial charge >= 0.3 is 0 Å². The molecule has 2 aliphatic rings. The lowest BCUT2D eigenvalue weighted by Crippen LogP contribution is -2.55. The van der Waals surface area contributed by atoms with E-state index in [0.29, 0.717) is 6.04 Å². The minimum atomic E-state index is 0.628. The third-order valence-corrected chi connectivity index (χ3v) is 5.09. The Hall–Kier alpha value is -1.06. The topological polar surface area (TPSA) is 32.5 Å². The van der Waals surface area contributed by atoms with Crippen LogP contribution in [-0.4, -0.2) is 43.7 Å². The number of rotatable bonds is 4. The van der Waals surface area contributed by atoms with Crippen LogP contribution in [0, 0.1) is 12.8 Å². The molecule has 1 heterocycles. The summed E-state index contributed by atoms with van der Waals surface area (Å²) in [5.74, 6) is 0.866. The van der Waals surface area contributed by atoms with Crippen molar-refractivity contribution in [3.8, 4) is 0 Å². The lowest BCUT2D eigenvalue weighted by molar-refractivity contribution is 0.0951. The van der Waals surface area contributed by atoms with Crippen LogP contribution in [-0.2, 0) is 0 Å². The van der Waals surface area contributed by atoms with Gasteiger partial charge in [0.15, 0.2) is 0 Å². The molecule has 1 saturated carbocycles. The number of nitrogens with two attached hydrogens (primary N) is 1. The fraction of sp³-hybridized carbons (Fsp3) is 0.647. The van der Waals surface area contributed by atoms with Crippen LogP contribution in [0.1, 0.15) is 24.8 Å². The summed E-state index contributed by atoms with van der Waals surface area (Å²) in [5, 5.41) is 0. The van der Waals surface area contributed by atoms with Crippen LogP contribution >= 0.6 is 0 Å². The largest absolute Gasteiger partial charge is 0.369 e. The maximum atomic E-state index is 6.02. The average Bonchev–Trinajstić information content (AvgIpc) is 2.43. The van der Waals surface area contributed by atoms with E-state index < -0.39 is 0 Å². The highest BCUT2D eigenvalue weighted by Gasteiger charge is 2.32. The van der Waals surface area contributed by atoms with Crippen LogP contribution in [0.15, 0.2) is 24.3 Å². The van der Waals surface area contributed by atoms with E-state index in [1.807, 2.05) is 0 Å². The minimum absolute atomic E-state index is 0.628.